The summed E-state index contributed by atoms with van der Waals surface area (Å²) in [5.74, 6) is -0.151. The van der Waals surface area contributed by atoms with Crippen molar-refractivity contribution in [2.24, 2.45) is 0 Å². The van der Waals surface area contributed by atoms with E-state index in [4.69, 9.17) is 10.5 Å². The number of nitrogens with zero attached hydrogens (tertiary/aromatic N) is 1. The molecule has 0 unspecified atom stereocenters. The molecular formula is C13H14BrN3O2S. The first kappa shape index (κ1) is 13.8. The van der Waals surface area contributed by atoms with E-state index in [1.165, 1.54) is 11.3 Å². The maximum atomic E-state index is 12.3. The van der Waals surface area contributed by atoms with E-state index >= 15 is 0 Å². The van der Waals surface area contributed by atoms with Gasteiger partial charge in [0.1, 0.15) is 4.88 Å². The fraction of sp³-hybridized carbons (Fsp3) is 0.308. The maximum Gasteiger partial charge on any atom is 0.277 e. The van der Waals surface area contributed by atoms with Crippen LogP contribution in [0.5, 0.6) is 0 Å². The van der Waals surface area contributed by atoms with Gasteiger partial charge < -0.3 is 10.5 Å². The predicted octanol–water partition coefficient (Wildman–Crippen LogP) is 2.22. The summed E-state index contributed by atoms with van der Waals surface area (Å²) in [5, 5.41) is 2.78. The molecule has 1 aromatic heterocycles. The third-order valence-electron chi connectivity index (χ3n) is 3.17. The lowest BCUT2D eigenvalue weighted by atomic mass is 10.2. The van der Waals surface area contributed by atoms with Gasteiger partial charge in [0.2, 0.25) is 0 Å². The van der Waals surface area contributed by atoms with Crippen molar-refractivity contribution < 1.29 is 9.53 Å². The smallest absolute Gasteiger partial charge is 0.277 e. The number of amides is 1. The molecule has 1 aliphatic rings. The van der Waals surface area contributed by atoms with Gasteiger partial charge in [-0.2, -0.15) is 0 Å². The average molecular weight is 356 g/mol. The Labute approximate surface area is 128 Å². The van der Waals surface area contributed by atoms with Gasteiger partial charge in [-0.1, -0.05) is 15.9 Å². The highest BCUT2D eigenvalue weighted by Crippen LogP contribution is 2.35. The predicted molar refractivity (Wildman–Crippen MR) is 83.8 cm³/mol. The van der Waals surface area contributed by atoms with E-state index < -0.39 is 0 Å². The molecule has 0 radical (unpaired) electrons. The topological polar surface area (TPSA) is 67.6 Å². The fourth-order valence-corrected chi connectivity index (χ4v) is 3.48. The summed E-state index contributed by atoms with van der Waals surface area (Å²) in [6.45, 7) is 2.66. The van der Waals surface area contributed by atoms with Crippen LogP contribution in [-0.2, 0) is 4.74 Å². The van der Waals surface area contributed by atoms with E-state index in [1.807, 2.05) is 23.2 Å². The number of nitrogens with one attached hydrogen (secondary N) is 1. The van der Waals surface area contributed by atoms with Crippen molar-refractivity contribution in [3.8, 4) is 0 Å². The number of nitrogens with two attached hydrogens (primary N) is 1. The lowest BCUT2D eigenvalue weighted by molar-refractivity contribution is 0.0128. The summed E-state index contributed by atoms with van der Waals surface area (Å²) >= 11 is 4.83. The molecule has 2 heterocycles. The molecule has 0 spiro atoms. The molecule has 7 heteroatoms. The van der Waals surface area contributed by atoms with Crippen molar-refractivity contribution in [1.29, 1.82) is 0 Å². The Morgan fingerprint density at radius 2 is 2.15 bits per heavy atom. The van der Waals surface area contributed by atoms with Gasteiger partial charge in [0.15, 0.2) is 0 Å². The van der Waals surface area contributed by atoms with Gasteiger partial charge in [-0.15, -0.1) is 11.3 Å². The highest BCUT2D eigenvalue weighted by Gasteiger charge is 2.19. The first-order chi connectivity index (χ1) is 9.65. The van der Waals surface area contributed by atoms with Crippen LogP contribution < -0.4 is 11.2 Å². The van der Waals surface area contributed by atoms with E-state index in [-0.39, 0.29) is 5.91 Å². The average Bonchev–Trinajstić information content (AvgIpc) is 2.77. The van der Waals surface area contributed by atoms with Crippen LogP contribution in [0.2, 0.25) is 0 Å². The number of hydrogen-bond acceptors (Lipinski definition) is 5. The monoisotopic (exact) mass is 355 g/mol. The van der Waals surface area contributed by atoms with Gasteiger partial charge >= 0.3 is 0 Å². The quantitative estimate of drug-likeness (QED) is 0.866. The normalized spacial score (nSPS) is 16.4. The number of thiophene rings is 1. The highest BCUT2D eigenvalue weighted by molar-refractivity contribution is 9.10. The van der Waals surface area contributed by atoms with E-state index in [2.05, 4.69) is 21.4 Å². The minimum atomic E-state index is -0.151. The standard InChI is InChI=1S/C13H14BrN3O2S/c14-8-1-2-10-9(7-8)11(15)12(20-10)13(18)16-17-3-5-19-6-4-17/h1-2,7H,3-6,15H2,(H,16,18). The molecule has 106 valence electrons. The molecule has 0 saturated carbocycles. The first-order valence-electron chi connectivity index (χ1n) is 6.26. The van der Waals surface area contributed by atoms with Crippen LogP contribution in [0.15, 0.2) is 22.7 Å². The zero-order valence-corrected chi connectivity index (χ0v) is 13.1. The molecule has 5 nitrogen and oxygen atoms in total. The molecule has 3 rings (SSSR count). The summed E-state index contributed by atoms with van der Waals surface area (Å²) in [5.41, 5.74) is 9.52. The van der Waals surface area contributed by atoms with Crippen molar-refractivity contribution in [3.63, 3.8) is 0 Å². The number of carbonyl (C=O) groups excluding carboxylic acids is 1. The number of carbonyl (C=O) groups is 1. The molecule has 1 amide bonds. The summed E-state index contributed by atoms with van der Waals surface area (Å²) in [4.78, 5) is 12.9. The van der Waals surface area contributed by atoms with Crippen LogP contribution in [-0.4, -0.2) is 37.2 Å². The third-order valence-corrected chi connectivity index (χ3v) is 4.84. The molecule has 0 bridgehead atoms. The number of nitrogen functional groups attached to an aromatic ring is 1. The Balaban J connectivity index is 1.85. The number of ether oxygens (including phenoxy) is 1. The van der Waals surface area contributed by atoms with E-state index in [1.54, 1.807) is 0 Å². The minimum absolute atomic E-state index is 0.151. The third kappa shape index (κ3) is 2.67. The largest absolute Gasteiger partial charge is 0.397 e. The molecular weight excluding hydrogens is 342 g/mol. The van der Waals surface area contributed by atoms with Gasteiger partial charge in [0, 0.05) is 27.6 Å². The zero-order chi connectivity index (χ0) is 14.1. The number of fused-ring (bicyclic) bond motifs is 1. The number of hydrazine groups is 1. The second-order valence-electron chi connectivity index (χ2n) is 4.53. The Morgan fingerprint density at radius 3 is 2.90 bits per heavy atom. The number of benzene rings is 1. The molecule has 0 aliphatic carbocycles. The summed E-state index contributed by atoms with van der Waals surface area (Å²) < 4.78 is 7.22. The first-order valence-corrected chi connectivity index (χ1v) is 7.87. The van der Waals surface area contributed by atoms with Crippen molar-refractivity contribution in [2.45, 2.75) is 0 Å². The number of rotatable bonds is 2. The molecule has 1 saturated heterocycles. The Morgan fingerprint density at radius 1 is 1.40 bits per heavy atom. The molecule has 1 fully saturated rings. The van der Waals surface area contributed by atoms with Crippen molar-refractivity contribution >= 4 is 48.9 Å². The van der Waals surface area contributed by atoms with Crippen LogP contribution in [0.1, 0.15) is 9.67 Å². The van der Waals surface area contributed by atoms with Gasteiger partial charge in [-0.25, -0.2) is 5.01 Å². The Bertz CT molecular complexity index is 652. The van der Waals surface area contributed by atoms with Crippen LogP contribution in [0.4, 0.5) is 5.69 Å². The van der Waals surface area contributed by atoms with Crippen molar-refractivity contribution in [3.05, 3.63) is 27.5 Å². The second-order valence-corrected chi connectivity index (χ2v) is 6.49. The molecule has 1 aliphatic heterocycles. The SMILES string of the molecule is Nc1c(C(=O)NN2CCOCC2)sc2ccc(Br)cc12. The van der Waals surface area contributed by atoms with Crippen LogP contribution in [0.3, 0.4) is 0 Å². The number of morpholine rings is 1. The van der Waals surface area contributed by atoms with Crippen LogP contribution >= 0.6 is 27.3 Å². The lowest BCUT2D eigenvalue weighted by Gasteiger charge is -2.26. The van der Waals surface area contributed by atoms with Gasteiger partial charge in [-0.3, -0.25) is 10.2 Å². The maximum absolute atomic E-state index is 12.3. The summed E-state index contributed by atoms with van der Waals surface area (Å²) in [6, 6.07) is 5.85. The van der Waals surface area contributed by atoms with E-state index in [0.29, 0.717) is 36.9 Å². The number of hydrogen-bond donors (Lipinski definition) is 2. The number of halogens is 1. The van der Waals surface area contributed by atoms with E-state index in [0.717, 1.165) is 14.6 Å². The van der Waals surface area contributed by atoms with Crippen LogP contribution in [0, 0.1) is 0 Å². The minimum Gasteiger partial charge on any atom is -0.397 e. The molecule has 20 heavy (non-hydrogen) atoms. The molecule has 1 aromatic carbocycles. The van der Waals surface area contributed by atoms with Gasteiger partial charge in [-0.05, 0) is 18.2 Å². The molecule has 3 N–H and O–H groups in total. The van der Waals surface area contributed by atoms with Crippen molar-refractivity contribution in [1.82, 2.24) is 10.4 Å². The zero-order valence-electron chi connectivity index (χ0n) is 10.7. The molecule has 2 aromatic rings. The van der Waals surface area contributed by atoms with E-state index in [9.17, 15) is 4.79 Å². The fourth-order valence-electron chi connectivity index (χ4n) is 2.13. The highest BCUT2D eigenvalue weighted by atomic mass is 79.9. The molecule has 0 atom stereocenters. The van der Waals surface area contributed by atoms with Gasteiger partial charge in [0.05, 0.1) is 18.9 Å². The Kier molecular flexibility index (Phi) is 3.93. The lowest BCUT2D eigenvalue weighted by Crippen LogP contribution is -2.48. The number of anilines is 1. The Hall–Kier alpha value is -1.15. The second kappa shape index (κ2) is 5.69. The summed E-state index contributed by atoms with van der Waals surface area (Å²) in [7, 11) is 0. The van der Waals surface area contributed by atoms with Crippen molar-refractivity contribution in [2.75, 3.05) is 32.0 Å². The summed E-state index contributed by atoms with van der Waals surface area (Å²) in [6.07, 6.45) is 0. The van der Waals surface area contributed by atoms with Crippen LogP contribution in [0.25, 0.3) is 10.1 Å². The van der Waals surface area contributed by atoms with Gasteiger partial charge in [0.25, 0.3) is 5.91 Å².